The van der Waals surface area contributed by atoms with Crippen molar-refractivity contribution in [3.8, 4) is 5.75 Å². The van der Waals surface area contributed by atoms with Gasteiger partial charge in [0.05, 0.1) is 7.11 Å². The van der Waals surface area contributed by atoms with Crippen LogP contribution in [0.2, 0.25) is 0 Å². The molecular weight excluding hydrogens is 328 g/mol. The molecule has 1 fully saturated rings. The van der Waals surface area contributed by atoms with E-state index in [0.717, 1.165) is 43.8 Å². The van der Waals surface area contributed by atoms with Crippen LogP contribution in [-0.2, 0) is 17.8 Å². The Kier molecular flexibility index (Phi) is 6.66. The number of nitrogens with zero attached hydrogens (tertiary/aromatic N) is 2. The third-order valence-corrected chi connectivity index (χ3v) is 4.88. The highest BCUT2D eigenvalue weighted by atomic mass is 16.5. The molecule has 6 heteroatoms. The minimum absolute atomic E-state index is 0.0217. The number of hydrogen-bond donors (Lipinski definition) is 2. The van der Waals surface area contributed by atoms with Crippen molar-refractivity contribution in [2.75, 3.05) is 26.7 Å². The van der Waals surface area contributed by atoms with Crippen LogP contribution in [-0.4, -0.2) is 42.4 Å². The predicted octanol–water partition coefficient (Wildman–Crippen LogP) is 2.11. The van der Waals surface area contributed by atoms with Gasteiger partial charge in [-0.05, 0) is 56.0 Å². The number of aryl methyl sites for hydroxylation is 1. The summed E-state index contributed by atoms with van der Waals surface area (Å²) in [5.41, 5.74) is 2.41. The van der Waals surface area contributed by atoms with E-state index in [9.17, 15) is 4.79 Å². The summed E-state index contributed by atoms with van der Waals surface area (Å²) in [6.45, 7) is 3.02. The Morgan fingerprint density at radius 2 is 2.19 bits per heavy atom. The van der Waals surface area contributed by atoms with Crippen molar-refractivity contribution in [3.05, 3.63) is 47.8 Å². The fraction of sp³-hybridized carbons (Fsp3) is 0.500. The summed E-state index contributed by atoms with van der Waals surface area (Å²) in [4.78, 5) is 12.2. The molecule has 1 aromatic heterocycles. The molecule has 1 saturated heterocycles. The molecule has 26 heavy (non-hydrogen) atoms. The molecule has 2 heterocycles. The highest BCUT2D eigenvalue weighted by Crippen LogP contribution is 2.22. The Balaban J connectivity index is 1.41. The first-order valence-electron chi connectivity index (χ1n) is 9.38. The van der Waals surface area contributed by atoms with E-state index in [1.807, 2.05) is 22.9 Å². The lowest BCUT2D eigenvalue weighted by Gasteiger charge is -2.23. The largest absolute Gasteiger partial charge is 0.497 e. The molecule has 1 amide bonds. The molecular formula is C20H28N4O2. The topological polar surface area (TPSA) is 68.2 Å². The Morgan fingerprint density at radius 1 is 1.35 bits per heavy atom. The van der Waals surface area contributed by atoms with Crippen LogP contribution in [0.5, 0.6) is 5.75 Å². The van der Waals surface area contributed by atoms with Gasteiger partial charge in [-0.1, -0.05) is 12.1 Å². The molecule has 1 atom stereocenters. The van der Waals surface area contributed by atoms with Crippen LogP contribution in [0.3, 0.4) is 0 Å². The van der Waals surface area contributed by atoms with Gasteiger partial charge in [-0.25, -0.2) is 0 Å². The summed E-state index contributed by atoms with van der Waals surface area (Å²) in [5.74, 6) is 1.34. The lowest BCUT2D eigenvalue weighted by molar-refractivity contribution is -0.121. The van der Waals surface area contributed by atoms with E-state index in [1.54, 1.807) is 13.3 Å². The summed E-state index contributed by atoms with van der Waals surface area (Å²) in [5, 5.41) is 10.8. The SMILES string of the molecule is COc1ccc(CCCNC(=O)Cn2nccc2C2CCCNC2)cc1. The molecule has 1 aliphatic rings. The van der Waals surface area contributed by atoms with E-state index in [4.69, 9.17) is 4.74 Å². The molecule has 0 bridgehead atoms. The molecule has 3 rings (SSSR count). The summed E-state index contributed by atoms with van der Waals surface area (Å²) in [6, 6.07) is 10.1. The number of hydrogen-bond acceptors (Lipinski definition) is 4. The maximum absolute atomic E-state index is 12.2. The predicted molar refractivity (Wildman–Crippen MR) is 101 cm³/mol. The van der Waals surface area contributed by atoms with Gasteiger partial charge in [0, 0.05) is 30.9 Å². The van der Waals surface area contributed by atoms with E-state index in [-0.39, 0.29) is 5.91 Å². The van der Waals surface area contributed by atoms with Crippen molar-refractivity contribution in [3.63, 3.8) is 0 Å². The number of benzene rings is 1. The Labute approximate surface area is 154 Å². The maximum atomic E-state index is 12.2. The summed E-state index contributed by atoms with van der Waals surface area (Å²) < 4.78 is 7.00. The number of carbonyl (C=O) groups excluding carboxylic acids is 1. The number of aromatic nitrogens is 2. The van der Waals surface area contributed by atoms with Crippen LogP contribution >= 0.6 is 0 Å². The average Bonchev–Trinajstić information content (AvgIpc) is 3.14. The summed E-state index contributed by atoms with van der Waals surface area (Å²) in [7, 11) is 1.67. The first-order chi connectivity index (χ1) is 12.8. The lowest BCUT2D eigenvalue weighted by Crippen LogP contribution is -2.32. The van der Waals surface area contributed by atoms with Gasteiger partial charge in [0.1, 0.15) is 12.3 Å². The number of rotatable bonds is 8. The van der Waals surface area contributed by atoms with Gasteiger partial charge >= 0.3 is 0 Å². The average molecular weight is 356 g/mol. The van der Waals surface area contributed by atoms with Crippen molar-refractivity contribution < 1.29 is 9.53 Å². The summed E-state index contributed by atoms with van der Waals surface area (Å²) >= 11 is 0. The smallest absolute Gasteiger partial charge is 0.241 e. The molecule has 1 aliphatic heterocycles. The third kappa shape index (κ3) is 5.08. The van der Waals surface area contributed by atoms with Gasteiger partial charge in [-0.3, -0.25) is 9.48 Å². The van der Waals surface area contributed by atoms with Crippen molar-refractivity contribution in [1.82, 2.24) is 20.4 Å². The zero-order chi connectivity index (χ0) is 18.2. The fourth-order valence-corrected chi connectivity index (χ4v) is 3.43. The quantitative estimate of drug-likeness (QED) is 0.711. The number of amides is 1. The van der Waals surface area contributed by atoms with Crippen LogP contribution in [0.4, 0.5) is 0 Å². The van der Waals surface area contributed by atoms with Gasteiger partial charge in [-0.2, -0.15) is 5.10 Å². The molecule has 0 radical (unpaired) electrons. The first kappa shape index (κ1) is 18.5. The van der Waals surface area contributed by atoms with E-state index < -0.39 is 0 Å². The van der Waals surface area contributed by atoms with Crippen molar-refractivity contribution in [2.24, 2.45) is 0 Å². The molecule has 0 spiro atoms. The maximum Gasteiger partial charge on any atom is 0.241 e. The molecule has 1 unspecified atom stereocenters. The van der Waals surface area contributed by atoms with E-state index in [0.29, 0.717) is 19.0 Å². The van der Waals surface area contributed by atoms with Crippen LogP contribution in [0.15, 0.2) is 36.5 Å². The van der Waals surface area contributed by atoms with Crippen molar-refractivity contribution >= 4 is 5.91 Å². The van der Waals surface area contributed by atoms with E-state index >= 15 is 0 Å². The highest BCUT2D eigenvalue weighted by molar-refractivity contribution is 5.75. The summed E-state index contributed by atoms with van der Waals surface area (Å²) in [6.07, 6.45) is 5.97. The number of carbonyl (C=O) groups is 1. The van der Waals surface area contributed by atoms with Crippen LogP contribution in [0.25, 0.3) is 0 Å². The molecule has 2 N–H and O–H groups in total. The normalized spacial score (nSPS) is 17.0. The van der Waals surface area contributed by atoms with Crippen LogP contribution in [0, 0.1) is 0 Å². The molecule has 2 aromatic rings. The van der Waals surface area contributed by atoms with Gasteiger partial charge in [0.2, 0.25) is 5.91 Å². The molecule has 0 aliphatic carbocycles. The van der Waals surface area contributed by atoms with E-state index in [2.05, 4.69) is 27.9 Å². The number of nitrogens with one attached hydrogen (secondary N) is 2. The molecule has 1 aromatic carbocycles. The Bertz CT molecular complexity index is 690. The highest BCUT2D eigenvalue weighted by Gasteiger charge is 2.19. The second kappa shape index (κ2) is 9.38. The Hall–Kier alpha value is -2.34. The molecule has 0 saturated carbocycles. The van der Waals surface area contributed by atoms with E-state index in [1.165, 1.54) is 12.0 Å². The fourth-order valence-electron chi connectivity index (χ4n) is 3.43. The van der Waals surface area contributed by atoms with Gasteiger partial charge in [0.15, 0.2) is 0 Å². The minimum Gasteiger partial charge on any atom is -0.497 e. The van der Waals surface area contributed by atoms with Crippen LogP contribution < -0.4 is 15.4 Å². The monoisotopic (exact) mass is 356 g/mol. The standard InChI is InChI=1S/C20H28N4O2/c1-26-18-8-6-16(7-9-18)4-2-12-22-20(25)15-24-19(10-13-23-24)17-5-3-11-21-14-17/h6-10,13,17,21H,2-5,11-12,14-15H2,1H3,(H,22,25). The second-order valence-corrected chi connectivity index (χ2v) is 6.76. The van der Waals surface area contributed by atoms with Gasteiger partial charge in [0.25, 0.3) is 0 Å². The Morgan fingerprint density at radius 3 is 2.92 bits per heavy atom. The van der Waals surface area contributed by atoms with Gasteiger partial charge in [-0.15, -0.1) is 0 Å². The lowest BCUT2D eigenvalue weighted by atomic mass is 9.96. The van der Waals surface area contributed by atoms with Crippen LogP contribution in [0.1, 0.15) is 36.4 Å². The number of piperidine rings is 1. The zero-order valence-corrected chi connectivity index (χ0v) is 15.4. The number of ether oxygens (including phenoxy) is 1. The zero-order valence-electron chi connectivity index (χ0n) is 15.4. The van der Waals surface area contributed by atoms with Crippen molar-refractivity contribution in [1.29, 1.82) is 0 Å². The molecule has 140 valence electrons. The first-order valence-corrected chi connectivity index (χ1v) is 9.38. The number of methoxy groups -OCH3 is 1. The van der Waals surface area contributed by atoms with Gasteiger partial charge < -0.3 is 15.4 Å². The third-order valence-electron chi connectivity index (χ3n) is 4.88. The minimum atomic E-state index is 0.0217. The van der Waals surface area contributed by atoms with Crippen molar-refractivity contribution in [2.45, 2.75) is 38.1 Å². The molecule has 6 nitrogen and oxygen atoms in total. The second-order valence-electron chi connectivity index (χ2n) is 6.76.